The van der Waals surface area contributed by atoms with Gasteiger partial charge in [0.05, 0.1) is 18.0 Å². The second-order valence-corrected chi connectivity index (χ2v) is 5.92. The van der Waals surface area contributed by atoms with Crippen molar-refractivity contribution in [1.82, 2.24) is 0 Å². The number of alkyl halides is 1. The van der Waals surface area contributed by atoms with Crippen LogP contribution in [0.4, 0.5) is 8.78 Å². The van der Waals surface area contributed by atoms with E-state index in [1.54, 1.807) is 13.0 Å². The summed E-state index contributed by atoms with van der Waals surface area (Å²) in [6, 6.07) is 8.45. The van der Waals surface area contributed by atoms with Gasteiger partial charge < -0.3 is 4.74 Å². The van der Waals surface area contributed by atoms with Crippen LogP contribution in [-0.2, 0) is 18.0 Å². The molecular formula is C16H13BrF2O. The molecule has 0 N–H and O–H groups in total. The van der Waals surface area contributed by atoms with Crippen LogP contribution >= 0.6 is 15.9 Å². The summed E-state index contributed by atoms with van der Waals surface area (Å²) < 4.78 is 32.7. The summed E-state index contributed by atoms with van der Waals surface area (Å²) in [6.45, 7) is 2.86. The molecule has 0 aliphatic carbocycles. The highest BCUT2D eigenvalue weighted by Gasteiger charge is 2.19. The molecule has 1 heterocycles. The van der Waals surface area contributed by atoms with Gasteiger partial charge >= 0.3 is 0 Å². The molecule has 0 amide bonds. The molecule has 0 bridgehead atoms. The number of hydrogen-bond acceptors (Lipinski definition) is 1. The van der Waals surface area contributed by atoms with Crippen LogP contribution in [0, 0.1) is 18.6 Å². The van der Waals surface area contributed by atoms with Crippen molar-refractivity contribution in [3.05, 3.63) is 69.8 Å². The molecule has 0 saturated heterocycles. The van der Waals surface area contributed by atoms with Crippen molar-refractivity contribution < 1.29 is 13.5 Å². The molecule has 0 aromatic heterocycles. The first-order valence-electron chi connectivity index (χ1n) is 6.35. The normalized spacial score (nSPS) is 15.2. The lowest BCUT2D eigenvalue weighted by Gasteiger charge is -2.14. The third-order valence-corrected chi connectivity index (χ3v) is 4.61. The van der Waals surface area contributed by atoms with E-state index in [1.807, 2.05) is 18.2 Å². The largest absolute Gasteiger partial charge is 0.372 e. The lowest BCUT2D eigenvalue weighted by Crippen LogP contribution is -2.00. The van der Waals surface area contributed by atoms with E-state index in [1.165, 1.54) is 5.56 Å². The van der Waals surface area contributed by atoms with Gasteiger partial charge in [-0.25, -0.2) is 8.78 Å². The maximum Gasteiger partial charge on any atom is 0.130 e. The average Bonchev–Trinajstić information content (AvgIpc) is 2.89. The van der Waals surface area contributed by atoms with Gasteiger partial charge in [0.2, 0.25) is 0 Å². The van der Waals surface area contributed by atoms with E-state index in [4.69, 9.17) is 4.74 Å². The van der Waals surface area contributed by atoms with E-state index in [9.17, 15) is 8.78 Å². The molecule has 3 rings (SSSR count). The molecule has 1 aliphatic rings. The standard InChI is InChI=1S/C16H13BrF2O/c1-9-4-13(15(19)6-14(9)18)16(17)10-2-3-11-7-20-8-12(11)5-10/h2-6,16H,7-8H2,1H3. The zero-order chi connectivity index (χ0) is 14.3. The van der Waals surface area contributed by atoms with Crippen molar-refractivity contribution in [1.29, 1.82) is 0 Å². The first kappa shape index (κ1) is 13.7. The van der Waals surface area contributed by atoms with Gasteiger partial charge in [-0.1, -0.05) is 34.1 Å². The Labute approximate surface area is 124 Å². The monoisotopic (exact) mass is 338 g/mol. The van der Waals surface area contributed by atoms with E-state index < -0.39 is 11.6 Å². The quantitative estimate of drug-likeness (QED) is 0.715. The molecule has 4 heteroatoms. The SMILES string of the molecule is Cc1cc(C(Br)c2ccc3c(c2)COC3)c(F)cc1F. The van der Waals surface area contributed by atoms with Crippen LogP contribution in [0.3, 0.4) is 0 Å². The predicted molar refractivity (Wildman–Crippen MR) is 76.8 cm³/mol. The molecule has 0 radical (unpaired) electrons. The van der Waals surface area contributed by atoms with E-state index in [0.717, 1.165) is 17.2 Å². The molecule has 0 spiro atoms. The Hall–Kier alpha value is -1.26. The smallest absolute Gasteiger partial charge is 0.130 e. The number of halogens is 3. The van der Waals surface area contributed by atoms with Crippen molar-refractivity contribution in [2.75, 3.05) is 0 Å². The highest BCUT2D eigenvalue weighted by molar-refractivity contribution is 9.09. The Balaban J connectivity index is 2.00. The lowest BCUT2D eigenvalue weighted by molar-refractivity contribution is 0.134. The van der Waals surface area contributed by atoms with Crippen LogP contribution in [0.25, 0.3) is 0 Å². The summed E-state index contributed by atoms with van der Waals surface area (Å²) >= 11 is 3.51. The van der Waals surface area contributed by atoms with Gasteiger partial charge in [-0.2, -0.15) is 0 Å². The second kappa shape index (κ2) is 5.26. The van der Waals surface area contributed by atoms with Crippen molar-refractivity contribution in [3.63, 3.8) is 0 Å². The summed E-state index contributed by atoms with van der Waals surface area (Å²) in [5, 5.41) is 0. The van der Waals surface area contributed by atoms with Crippen LogP contribution in [-0.4, -0.2) is 0 Å². The molecule has 20 heavy (non-hydrogen) atoms. The molecule has 1 nitrogen and oxygen atoms in total. The first-order chi connectivity index (χ1) is 9.56. The minimum Gasteiger partial charge on any atom is -0.372 e. The van der Waals surface area contributed by atoms with Crippen molar-refractivity contribution in [3.8, 4) is 0 Å². The summed E-state index contributed by atoms with van der Waals surface area (Å²) in [7, 11) is 0. The Bertz CT molecular complexity index is 670. The van der Waals surface area contributed by atoms with Gasteiger partial charge in [0.25, 0.3) is 0 Å². The number of rotatable bonds is 2. The minimum atomic E-state index is -0.535. The Morgan fingerprint density at radius 2 is 1.80 bits per heavy atom. The number of benzene rings is 2. The van der Waals surface area contributed by atoms with Crippen LogP contribution < -0.4 is 0 Å². The minimum absolute atomic E-state index is 0.298. The summed E-state index contributed by atoms with van der Waals surface area (Å²) in [5.41, 5.74) is 4.13. The second-order valence-electron chi connectivity index (χ2n) is 5.01. The highest BCUT2D eigenvalue weighted by Crippen LogP contribution is 2.35. The predicted octanol–water partition coefficient (Wildman–Crippen LogP) is 4.79. The fourth-order valence-electron chi connectivity index (χ4n) is 2.40. The molecule has 0 fully saturated rings. The van der Waals surface area contributed by atoms with Gasteiger partial charge in [-0.3, -0.25) is 0 Å². The summed E-state index contributed by atoms with van der Waals surface area (Å²) in [5.74, 6) is -1.06. The molecule has 2 aromatic carbocycles. The lowest BCUT2D eigenvalue weighted by atomic mass is 9.99. The van der Waals surface area contributed by atoms with Crippen LogP contribution in [0.5, 0.6) is 0 Å². The topological polar surface area (TPSA) is 9.23 Å². The zero-order valence-electron chi connectivity index (χ0n) is 10.9. The van der Waals surface area contributed by atoms with Gasteiger partial charge in [-0.05, 0) is 35.2 Å². The molecular weight excluding hydrogens is 326 g/mol. The van der Waals surface area contributed by atoms with Crippen LogP contribution in [0.15, 0.2) is 30.3 Å². The van der Waals surface area contributed by atoms with E-state index in [2.05, 4.69) is 15.9 Å². The first-order valence-corrected chi connectivity index (χ1v) is 7.27. The third kappa shape index (κ3) is 2.38. The summed E-state index contributed by atoms with van der Waals surface area (Å²) in [6.07, 6.45) is 0. The molecule has 1 atom stereocenters. The van der Waals surface area contributed by atoms with E-state index in [-0.39, 0.29) is 4.83 Å². The number of hydrogen-bond donors (Lipinski definition) is 0. The maximum atomic E-state index is 13.9. The number of aryl methyl sites for hydroxylation is 1. The molecule has 1 aliphatic heterocycles. The van der Waals surface area contributed by atoms with Gasteiger partial charge in [0.1, 0.15) is 11.6 Å². The van der Waals surface area contributed by atoms with Crippen molar-refractivity contribution in [2.45, 2.75) is 25.0 Å². The van der Waals surface area contributed by atoms with Gasteiger partial charge in [0.15, 0.2) is 0 Å². The third-order valence-electron chi connectivity index (χ3n) is 3.59. The fraction of sp³-hybridized carbons (Fsp3) is 0.250. The number of ether oxygens (including phenoxy) is 1. The van der Waals surface area contributed by atoms with E-state index in [0.29, 0.717) is 24.3 Å². The molecule has 1 unspecified atom stereocenters. The van der Waals surface area contributed by atoms with Crippen LogP contribution in [0.1, 0.15) is 32.6 Å². The maximum absolute atomic E-state index is 13.9. The Kier molecular flexibility index (Phi) is 3.61. The van der Waals surface area contributed by atoms with Crippen molar-refractivity contribution in [2.24, 2.45) is 0 Å². The van der Waals surface area contributed by atoms with Crippen molar-refractivity contribution >= 4 is 15.9 Å². The zero-order valence-corrected chi connectivity index (χ0v) is 12.5. The molecule has 0 saturated carbocycles. The molecule has 104 valence electrons. The Morgan fingerprint density at radius 3 is 2.60 bits per heavy atom. The molecule has 2 aromatic rings. The van der Waals surface area contributed by atoms with Gasteiger partial charge in [0, 0.05) is 11.6 Å². The van der Waals surface area contributed by atoms with Gasteiger partial charge in [-0.15, -0.1) is 0 Å². The van der Waals surface area contributed by atoms with Crippen LogP contribution in [0.2, 0.25) is 0 Å². The highest BCUT2D eigenvalue weighted by atomic mass is 79.9. The Morgan fingerprint density at radius 1 is 1.05 bits per heavy atom. The fourth-order valence-corrected chi connectivity index (χ4v) is 3.04. The van der Waals surface area contributed by atoms with E-state index >= 15 is 0 Å². The summed E-state index contributed by atoms with van der Waals surface area (Å²) in [4.78, 5) is -0.298. The number of fused-ring (bicyclic) bond motifs is 1. The average molecular weight is 339 g/mol.